The summed E-state index contributed by atoms with van der Waals surface area (Å²) in [6, 6.07) is 4.51. The topological polar surface area (TPSA) is 54.9 Å². The summed E-state index contributed by atoms with van der Waals surface area (Å²) < 4.78 is 25.5. The highest BCUT2D eigenvalue weighted by atomic mass is 19.2. The van der Waals surface area contributed by atoms with Gasteiger partial charge in [-0.2, -0.15) is 0 Å². The maximum atomic E-state index is 12.9. The van der Waals surface area contributed by atoms with Crippen LogP contribution in [0.5, 0.6) is 0 Å². The van der Waals surface area contributed by atoms with Crippen molar-refractivity contribution in [3.63, 3.8) is 0 Å². The zero-order valence-corrected chi connectivity index (χ0v) is 8.52. The van der Waals surface area contributed by atoms with Gasteiger partial charge in [0.25, 0.3) is 5.91 Å². The van der Waals surface area contributed by atoms with Crippen molar-refractivity contribution in [2.75, 3.05) is 5.32 Å². The van der Waals surface area contributed by atoms with E-state index in [1.165, 1.54) is 24.7 Å². The number of carbonyl (C=O) groups excluding carboxylic acids is 1. The lowest BCUT2D eigenvalue weighted by Gasteiger charge is -2.04. The van der Waals surface area contributed by atoms with Crippen LogP contribution in [-0.4, -0.2) is 15.9 Å². The molecular weight excluding hydrogens is 228 g/mol. The first-order chi connectivity index (χ1) is 8.16. The molecule has 0 spiro atoms. The smallest absolute Gasteiger partial charge is 0.274 e. The lowest BCUT2D eigenvalue weighted by atomic mass is 10.3. The summed E-state index contributed by atoms with van der Waals surface area (Å²) in [6.45, 7) is 0. The van der Waals surface area contributed by atoms with Crippen molar-refractivity contribution in [3.8, 4) is 0 Å². The fraction of sp³-hybridized carbons (Fsp3) is 0. The molecule has 17 heavy (non-hydrogen) atoms. The summed E-state index contributed by atoms with van der Waals surface area (Å²) in [5, 5.41) is 2.39. The first-order valence-corrected chi connectivity index (χ1v) is 4.69. The molecule has 0 aliphatic rings. The zero-order valence-electron chi connectivity index (χ0n) is 8.52. The van der Waals surface area contributed by atoms with E-state index in [0.29, 0.717) is 0 Å². The van der Waals surface area contributed by atoms with E-state index in [1.54, 1.807) is 0 Å². The molecule has 0 fully saturated rings. The molecule has 1 N–H and O–H groups in total. The van der Waals surface area contributed by atoms with Crippen LogP contribution in [0.1, 0.15) is 10.5 Å². The zero-order chi connectivity index (χ0) is 12.3. The third-order valence-electron chi connectivity index (χ3n) is 1.99. The Kier molecular flexibility index (Phi) is 3.04. The monoisotopic (exact) mass is 235 g/mol. The number of hydrogen-bond donors (Lipinski definition) is 1. The van der Waals surface area contributed by atoms with E-state index in [4.69, 9.17) is 0 Å². The highest BCUT2D eigenvalue weighted by Gasteiger charge is 2.08. The van der Waals surface area contributed by atoms with Crippen LogP contribution in [0.15, 0.2) is 36.8 Å². The molecule has 0 unspecified atom stereocenters. The predicted molar refractivity (Wildman–Crippen MR) is 56.3 cm³/mol. The van der Waals surface area contributed by atoms with Gasteiger partial charge < -0.3 is 5.32 Å². The molecule has 2 rings (SSSR count). The Morgan fingerprint density at radius 2 is 2.00 bits per heavy atom. The number of nitrogens with zero attached hydrogens (tertiary/aromatic N) is 2. The highest BCUT2D eigenvalue weighted by molar-refractivity contribution is 6.02. The average molecular weight is 235 g/mol. The van der Waals surface area contributed by atoms with Crippen LogP contribution >= 0.6 is 0 Å². The number of amides is 1. The second-order valence-corrected chi connectivity index (χ2v) is 3.18. The van der Waals surface area contributed by atoms with Crippen LogP contribution < -0.4 is 5.32 Å². The van der Waals surface area contributed by atoms with Crippen LogP contribution in [0, 0.1) is 11.6 Å². The molecule has 0 radical (unpaired) electrons. The van der Waals surface area contributed by atoms with Gasteiger partial charge in [-0.15, -0.1) is 0 Å². The molecule has 0 aliphatic heterocycles. The van der Waals surface area contributed by atoms with Crippen molar-refractivity contribution in [1.82, 2.24) is 9.97 Å². The Morgan fingerprint density at radius 1 is 1.18 bits per heavy atom. The van der Waals surface area contributed by atoms with Gasteiger partial charge in [0.1, 0.15) is 12.0 Å². The molecule has 86 valence electrons. The third kappa shape index (κ3) is 2.60. The molecule has 0 atom stereocenters. The van der Waals surface area contributed by atoms with Gasteiger partial charge >= 0.3 is 0 Å². The van der Waals surface area contributed by atoms with Crippen molar-refractivity contribution in [2.24, 2.45) is 0 Å². The minimum absolute atomic E-state index is 0.143. The number of carbonyl (C=O) groups is 1. The van der Waals surface area contributed by atoms with Gasteiger partial charge in [0.2, 0.25) is 0 Å². The second kappa shape index (κ2) is 4.65. The van der Waals surface area contributed by atoms with E-state index >= 15 is 0 Å². The van der Waals surface area contributed by atoms with Crippen molar-refractivity contribution in [2.45, 2.75) is 0 Å². The van der Waals surface area contributed by atoms with Crippen molar-refractivity contribution in [3.05, 3.63) is 54.1 Å². The number of benzene rings is 1. The lowest BCUT2D eigenvalue weighted by molar-refractivity contribution is 0.102. The third-order valence-corrected chi connectivity index (χ3v) is 1.99. The quantitative estimate of drug-likeness (QED) is 0.866. The molecule has 0 bridgehead atoms. The maximum absolute atomic E-state index is 12.9. The molecule has 1 heterocycles. The van der Waals surface area contributed by atoms with Gasteiger partial charge in [0.15, 0.2) is 11.6 Å². The van der Waals surface area contributed by atoms with E-state index < -0.39 is 17.5 Å². The Hall–Kier alpha value is -2.37. The maximum Gasteiger partial charge on any atom is 0.274 e. The Balaban J connectivity index is 2.16. The molecule has 0 saturated heterocycles. The normalized spacial score (nSPS) is 10.0. The predicted octanol–water partition coefficient (Wildman–Crippen LogP) is 2.01. The van der Waals surface area contributed by atoms with Gasteiger partial charge in [-0.25, -0.2) is 18.7 Å². The minimum atomic E-state index is -1.02. The van der Waals surface area contributed by atoms with Crippen molar-refractivity contribution in [1.29, 1.82) is 0 Å². The average Bonchev–Trinajstić information content (AvgIpc) is 2.35. The summed E-state index contributed by atoms with van der Waals surface area (Å²) in [5.74, 6) is -2.51. The number of anilines is 1. The highest BCUT2D eigenvalue weighted by Crippen LogP contribution is 2.13. The summed E-state index contributed by atoms with van der Waals surface area (Å²) in [5.41, 5.74) is 0.303. The van der Waals surface area contributed by atoms with E-state index in [9.17, 15) is 13.6 Å². The number of nitrogens with one attached hydrogen (secondary N) is 1. The van der Waals surface area contributed by atoms with E-state index in [2.05, 4.69) is 15.3 Å². The standard InChI is InChI=1S/C11H7F2N3O/c12-8-2-1-7(5-9(8)13)16-11(17)10-3-4-14-6-15-10/h1-6H,(H,16,17). The SMILES string of the molecule is O=C(Nc1ccc(F)c(F)c1)c1ccncn1. The molecule has 1 aromatic heterocycles. The van der Waals surface area contributed by atoms with Crippen LogP contribution in [0.4, 0.5) is 14.5 Å². The second-order valence-electron chi connectivity index (χ2n) is 3.18. The Bertz CT molecular complexity index is 546. The molecule has 4 nitrogen and oxygen atoms in total. The van der Waals surface area contributed by atoms with Gasteiger partial charge in [0, 0.05) is 18.0 Å². The molecule has 1 amide bonds. The Morgan fingerprint density at radius 3 is 2.65 bits per heavy atom. The first kappa shape index (κ1) is 11.1. The summed E-state index contributed by atoms with van der Waals surface area (Å²) >= 11 is 0. The Labute approximate surface area is 95.3 Å². The summed E-state index contributed by atoms with van der Waals surface area (Å²) in [7, 11) is 0. The molecule has 6 heteroatoms. The van der Waals surface area contributed by atoms with Gasteiger partial charge in [-0.3, -0.25) is 4.79 Å². The number of halogens is 2. The van der Waals surface area contributed by atoms with Crippen LogP contribution in [-0.2, 0) is 0 Å². The van der Waals surface area contributed by atoms with Crippen molar-refractivity contribution < 1.29 is 13.6 Å². The molecule has 2 aromatic rings. The van der Waals surface area contributed by atoms with Gasteiger partial charge in [0.05, 0.1) is 0 Å². The van der Waals surface area contributed by atoms with E-state index in [-0.39, 0.29) is 11.4 Å². The fourth-order valence-electron chi connectivity index (χ4n) is 1.19. The molecule has 0 aliphatic carbocycles. The molecular formula is C11H7F2N3O. The number of hydrogen-bond acceptors (Lipinski definition) is 3. The van der Waals surface area contributed by atoms with Crippen LogP contribution in [0.3, 0.4) is 0 Å². The summed E-state index contributed by atoms with van der Waals surface area (Å²) in [4.78, 5) is 19.0. The number of rotatable bonds is 2. The van der Waals surface area contributed by atoms with E-state index in [1.807, 2.05) is 0 Å². The number of aromatic nitrogens is 2. The van der Waals surface area contributed by atoms with Crippen molar-refractivity contribution >= 4 is 11.6 Å². The van der Waals surface area contributed by atoms with Crippen LogP contribution in [0.2, 0.25) is 0 Å². The molecule has 0 saturated carbocycles. The molecule has 1 aromatic carbocycles. The van der Waals surface area contributed by atoms with Gasteiger partial charge in [-0.1, -0.05) is 0 Å². The minimum Gasteiger partial charge on any atom is -0.321 e. The first-order valence-electron chi connectivity index (χ1n) is 4.69. The van der Waals surface area contributed by atoms with Crippen LogP contribution in [0.25, 0.3) is 0 Å². The lowest BCUT2D eigenvalue weighted by Crippen LogP contribution is -2.13. The van der Waals surface area contributed by atoms with E-state index in [0.717, 1.165) is 12.1 Å². The largest absolute Gasteiger partial charge is 0.321 e. The summed E-state index contributed by atoms with van der Waals surface area (Å²) in [6.07, 6.45) is 2.63. The fourth-order valence-corrected chi connectivity index (χ4v) is 1.19. The van der Waals surface area contributed by atoms with Gasteiger partial charge in [-0.05, 0) is 18.2 Å².